The smallest absolute Gasteiger partial charge is 0.159 e. The molecule has 0 N–H and O–H groups in total. The molecule has 1 heterocycles. The highest BCUT2D eigenvalue weighted by Gasteiger charge is 1.91. The van der Waals surface area contributed by atoms with Gasteiger partial charge < -0.3 is 0 Å². The fourth-order valence-corrected chi connectivity index (χ4v) is 1.59. The van der Waals surface area contributed by atoms with Crippen LogP contribution < -0.4 is 0 Å². The topological polar surface area (TPSA) is 12.9 Å². The molecule has 0 aliphatic heterocycles. The molecule has 1 aromatic rings. The van der Waals surface area contributed by atoms with Crippen LogP contribution in [0.15, 0.2) is 15.4 Å². The predicted molar refractivity (Wildman–Crippen MR) is 49.6 cm³/mol. The van der Waals surface area contributed by atoms with Crippen LogP contribution in [-0.4, -0.2) is 10.9 Å². The molecule has 0 saturated heterocycles. The van der Waals surface area contributed by atoms with Gasteiger partial charge in [0, 0.05) is 11.3 Å². The fraction of sp³-hybridized carbons (Fsp3) is 0.167. The van der Waals surface area contributed by atoms with Crippen molar-refractivity contribution in [1.82, 2.24) is 4.98 Å². The molecule has 1 nitrogen and oxygen atoms in total. The lowest BCUT2D eigenvalue weighted by molar-refractivity contribution is 1.34. The normalized spacial score (nSPS) is 11.0. The molecule has 0 amide bonds. The van der Waals surface area contributed by atoms with Crippen LogP contribution in [0.25, 0.3) is 6.08 Å². The molecular weight excluding hydrogens is 233 g/mol. The van der Waals surface area contributed by atoms with Crippen molar-refractivity contribution >= 4 is 44.9 Å². The maximum Gasteiger partial charge on any atom is 0.159 e. The van der Waals surface area contributed by atoms with E-state index in [1.807, 2.05) is 17.5 Å². The Labute approximate surface area is 76.9 Å². The first-order chi connectivity index (χ1) is 4.83. The van der Waals surface area contributed by atoms with Crippen LogP contribution in [0, 0.1) is 0 Å². The Kier molecular flexibility index (Phi) is 3.39. The Bertz CT molecular complexity index is 233. The van der Waals surface area contributed by atoms with Crippen LogP contribution in [-0.2, 0) is 0 Å². The second-order valence-corrected chi connectivity index (χ2v) is 4.02. The molecular formula is C6H5BrClNS. The average molecular weight is 239 g/mol. The van der Waals surface area contributed by atoms with Crippen molar-refractivity contribution in [1.29, 1.82) is 0 Å². The van der Waals surface area contributed by atoms with E-state index >= 15 is 0 Å². The van der Waals surface area contributed by atoms with Crippen molar-refractivity contribution in [2.24, 2.45) is 0 Å². The van der Waals surface area contributed by atoms with Gasteiger partial charge in [-0.25, -0.2) is 4.98 Å². The molecule has 0 saturated carbocycles. The number of nitrogens with zero attached hydrogens (tertiary/aromatic N) is 1. The van der Waals surface area contributed by atoms with Crippen molar-refractivity contribution in [2.45, 2.75) is 0 Å². The quantitative estimate of drug-likeness (QED) is 0.721. The Hall–Kier alpha value is 0.140. The SMILES string of the molecule is ClCC=Cc1csc(Br)n1. The second kappa shape index (κ2) is 4.11. The van der Waals surface area contributed by atoms with E-state index in [1.54, 1.807) is 11.3 Å². The number of alkyl halides is 1. The molecule has 10 heavy (non-hydrogen) atoms. The van der Waals surface area contributed by atoms with Crippen molar-refractivity contribution in [3.8, 4) is 0 Å². The summed E-state index contributed by atoms with van der Waals surface area (Å²) in [6.45, 7) is 0. The summed E-state index contributed by atoms with van der Waals surface area (Å²) >= 11 is 10.3. The van der Waals surface area contributed by atoms with E-state index < -0.39 is 0 Å². The van der Waals surface area contributed by atoms with Crippen LogP contribution in [0.5, 0.6) is 0 Å². The van der Waals surface area contributed by atoms with Gasteiger partial charge in [0.25, 0.3) is 0 Å². The van der Waals surface area contributed by atoms with Crippen molar-refractivity contribution < 1.29 is 0 Å². The number of hydrogen-bond acceptors (Lipinski definition) is 2. The summed E-state index contributed by atoms with van der Waals surface area (Å²) in [4.78, 5) is 4.14. The van der Waals surface area contributed by atoms with Gasteiger partial charge in [0.05, 0.1) is 5.69 Å². The van der Waals surface area contributed by atoms with Gasteiger partial charge in [0.2, 0.25) is 0 Å². The third kappa shape index (κ3) is 2.40. The van der Waals surface area contributed by atoms with Crippen LogP contribution >= 0.6 is 38.9 Å². The molecule has 1 aromatic heterocycles. The molecule has 0 aliphatic carbocycles. The standard InChI is InChI=1S/C6H5BrClNS/c7-6-9-5(4-10-6)2-1-3-8/h1-2,4H,3H2. The lowest BCUT2D eigenvalue weighted by Crippen LogP contribution is -1.68. The van der Waals surface area contributed by atoms with Crippen LogP contribution in [0.1, 0.15) is 5.69 Å². The molecule has 0 aromatic carbocycles. The van der Waals surface area contributed by atoms with Gasteiger partial charge in [0.1, 0.15) is 0 Å². The second-order valence-electron chi connectivity index (χ2n) is 1.58. The molecule has 54 valence electrons. The summed E-state index contributed by atoms with van der Waals surface area (Å²) in [5, 5.41) is 1.97. The van der Waals surface area contributed by atoms with Gasteiger partial charge >= 0.3 is 0 Å². The van der Waals surface area contributed by atoms with Gasteiger partial charge in [0.15, 0.2) is 3.92 Å². The first-order valence-electron chi connectivity index (χ1n) is 2.66. The van der Waals surface area contributed by atoms with E-state index in [2.05, 4.69) is 20.9 Å². The molecule has 1 rings (SSSR count). The third-order valence-corrected chi connectivity index (χ3v) is 2.43. The number of halogens is 2. The summed E-state index contributed by atoms with van der Waals surface area (Å²) < 4.78 is 0.904. The van der Waals surface area contributed by atoms with E-state index in [4.69, 9.17) is 11.6 Å². The minimum atomic E-state index is 0.537. The van der Waals surface area contributed by atoms with Crippen LogP contribution in [0.4, 0.5) is 0 Å². The summed E-state index contributed by atoms with van der Waals surface area (Å²) in [6.07, 6.45) is 3.76. The van der Waals surface area contributed by atoms with Gasteiger partial charge in [-0.3, -0.25) is 0 Å². The lowest BCUT2D eigenvalue weighted by Gasteiger charge is -1.78. The fourth-order valence-electron chi connectivity index (χ4n) is 0.505. The molecule has 0 radical (unpaired) electrons. The maximum absolute atomic E-state index is 5.44. The summed E-state index contributed by atoms with van der Waals surface area (Å²) in [5.41, 5.74) is 0.956. The highest BCUT2D eigenvalue weighted by Crippen LogP contribution is 2.16. The van der Waals surface area contributed by atoms with E-state index in [0.717, 1.165) is 9.61 Å². The van der Waals surface area contributed by atoms with Crippen LogP contribution in [0.3, 0.4) is 0 Å². The van der Waals surface area contributed by atoms with E-state index in [9.17, 15) is 0 Å². The summed E-state index contributed by atoms with van der Waals surface area (Å²) in [5.74, 6) is 0.537. The Balaban J connectivity index is 2.67. The van der Waals surface area contributed by atoms with Gasteiger partial charge in [-0.2, -0.15) is 0 Å². The Morgan fingerprint density at radius 3 is 3.10 bits per heavy atom. The van der Waals surface area contributed by atoms with Gasteiger partial charge in [-0.1, -0.05) is 6.08 Å². The first kappa shape index (κ1) is 8.24. The highest BCUT2D eigenvalue weighted by atomic mass is 79.9. The molecule has 0 atom stereocenters. The molecule has 0 unspecified atom stereocenters. The first-order valence-corrected chi connectivity index (χ1v) is 4.87. The van der Waals surface area contributed by atoms with E-state index in [0.29, 0.717) is 5.88 Å². The Morgan fingerprint density at radius 1 is 1.80 bits per heavy atom. The zero-order valence-corrected chi connectivity index (χ0v) is 8.21. The predicted octanol–water partition coefficient (Wildman–Crippen LogP) is 3.16. The Morgan fingerprint density at radius 2 is 2.60 bits per heavy atom. The third-order valence-electron chi connectivity index (χ3n) is 0.872. The van der Waals surface area contributed by atoms with Crippen molar-refractivity contribution in [2.75, 3.05) is 5.88 Å². The number of hydrogen-bond donors (Lipinski definition) is 0. The minimum absolute atomic E-state index is 0.537. The van der Waals surface area contributed by atoms with Crippen LogP contribution in [0.2, 0.25) is 0 Å². The zero-order chi connectivity index (χ0) is 7.40. The van der Waals surface area contributed by atoms with Crippen molar-refractivity contribution in [3.63, 3.8) is 0 Å². The number of allylic oxidation sites excluding steroid dienone is 1. The van der Waals surface area contributed by atoms with E-state index in [-0.39, 0.29) is 0 Å². The minimum Gasteiger partial charge on any atom is -0.230 e. The number of rotatable bonds is 2. The number of aromatic nitrogens is 1. The lowest BCUT2D eigenvalue weighted by atomic mass is 10.4. The molecule has 4 heteroatoms. The van der Waals surface area contributed by atoms with E-state index in [1.165, 1.54) is 0 Å². The number of thiazole rings is 1. The summed E-state index contributed by atoms with van der Waals surface area (Å²) in [7, 11) is 0. The maximum atomic E-state index is 5.44. The molecule has 0 bridgehead atoms. The van der Waals surface area contributed by atoms with Crippen molar-refractivity contribution in [3.05, 3.63) is 21.1 Å². The molecule has 0 fully saturated rings. The summed E-state index contributed by atoms with van der Waals surface area (Å²) in [6, 6.07) is 0. The van der Waals surface area contributed by atoms with Gasteiger partial charge in [-0.15, -0.1) is 22.9 Å². The average Bonchev–Trinajstić information content (AvgIpc) is 2.31. The zero-order valence-electron chi connectivity index (χ0n) is 5.05. The molecule has 0 spiro atoms. The largest absolute Gasteiger partial charge is 0.230 e. The molecule has 0 aliphatic rings. The van der Waals surface area contributed by atoms with Gasteiger partial charge in [-0.05, 0) is 22.0 Å². The monoisotopic (exact) mass is 237 g/mol. The highest BCUT2D eigenvalue weighted by molar-refractivity contribution is 9.11.